The van der Waals surface area contributed by atoms with E-state index in [4.69, 9.17) is 11.6 Å². The first kappa shape index (κ1) is 11.5. The Hall–Kier alpha value is -1.61. The van der Waals surface area contributed by atoms with Crippen LogP contribution in [0.3, 0.4) is 0 Å². The molecule has 0 bridgehead atoms. The summed E-state index contributed by atoms with van der Waals surface area (Å²) in [6.07, 6.45) is 2.85. The second-order valence-corrected chi connectivity index (χ2v) is 3.26. The lowest BCUT2D eigenvalue weighted by atomic mass is 10.2. The number of amides is 2. The molecule has 0 fully saturated rings. The average Bonchev–Trinajstić information content (AvgIpc) is 2.18. The van der Waals surface area contributed by atoms with Crippen LogP contribution in [0, 0.1) is 0 Å². The summed E-state index contributed by atoms with van der Waals surface area (Å²) in [4.78, 5) is 22.5. The van der Waals surface area contributed by atoms with Gasteiger partial charge in [0.15, 0.2) is 0 Å². The second kappa shape index (κ2) is 5.32. The van der Waals surface area contributed by atoms with Crippen LogP contribution in [-0.2, 0) is 4.79 Å². The summed E-state index contributed by atoms with van der Waals surface area (Å²) in [5.74, 6) is -0.868. The van der Waals surface area contributed by atoms with Crippen molar-refractivity contribution in [2.45, 2.75) is 6.92 Å². The van der Waals surface area contributed by atoms with E-state index in [1.54, 1.807) is 37.3 Å². The number of hydrogen-bond donors (Lipinski definition) is 1. The summed E-state index contributed by atoms with van der Waals surface area (Å²) in [5.41, 5.74) is 0.400. The molecule has 4 heteroatoms. The maximum atomic E-state index is 11.4. The first-order chi connectivity index (χ1) is 7.13. The molecule has 1 aromatic rings. The van der Waals surface area contributed by atoms with Crippen molar-refractivity contribution in [3.8, 4) is 0 Å². The number of carbonyl (C=O) groups excluding carboxylic acids is 2. The molecule has 0 radical (unpaired) electrons. The highest BCUT2D eigenvalue weighted by Gasteiger charge is 2.07. The number of hydrogen-bond acceptors (Lipinski definition) is 2. The summed E-state index contributed by atoms with van der Waals surface area (Å²) >= 11 is 5.66. The molecule has 0 atom stereocenters. The molecule has 0 spiro atoms. The fourth-order valence-electron chi connectivity index (χ4n) is 0.978. The molecule has 1 aromatic carbocycles. The van der Waals surface area contributed by atoms with Crippen LogP contribution in [0.2, 0.25) is 5.02 Å². The Labute approximate surface area is 92.7 Å². The number of carbonyl (C=O) groups is 2. The van der Waals surface area contributed by atoms with Crippen LogP contribution < -0.4 is 5.32 Å². The van der Waals surface area contributed by atoms with E-state index in [9.17, 15) is 9.59 Å². The van der Waals surface area contributed by atoms with E-state index in [0.29, 0.717) is 10.6 Å². The van der Waals surface area contributed by atoms with Crippen molar-refractivity contribution in [3.05, 3.63) is 47.0 Å². The molecule has 3 nitrogen and oxygen atoms in total. The molecule has 15 heavy (non-hydrogen) atoms. The normalized spacial score (nSPS) is 10.3. The lowest BCUT2D eigenvalue weighted by Crippen LogP contribution is -2.28. The summed E-state index contributed by atoms with van der Waals surface area (Å²) in [6.45, 7) is 1.70. The van der Waals surface area contributed by atoms with Gasteiger partial charge < -0.3 is 0 Å². The minimum atomic E-state index is -0.435. The van der Waals surface area contributed by atoms with Crippen molar-refractivity contribution in [1.82, 2.24) is 5.32 Å². The molecular formula is C11H10ClNO2. The maximum absolute atomic E-state index is 11.4. The number of allylic oxidation sites excluding steroid dienone is 1. The van der Waals surface area contributed by atoms with Gasteiger partial charge in [-0.05, 0) is 37.3 Å². The lowest BCUT2D eigenvalue weighted by molar-refractivity contribution is -0.115. The van der Waals surface area contributed by atoms with Gasteiger partial charge in [-0.2, -0.15) is 0 Å². The van der Waals surface area contributed by atoms with Gasteiger partial charge in [0.25, 0.3) is 5.91 Å². The quantitative estimate of drug-likeness (QED) is 0.782. The highest BCUT2D eigenvalue weighted by molar-refractivity contribution is 6.30. The van der Waals surface area contributed by atoms with Gasteiger partial charge >= 0.3 is 0 Å². The summed E-state index contributed by atoms with van der Waals surface area (Å²) < 4.78 is 0. The van der Waals surface area contributed by atoms with Crippen LogP contribution in [0.5, 0.6) is 0 Å². The lowest BCUT2D eigenvalue weighted by Gasteiger charge is -2.00. The van der Waals surface area contributed by atoms with Crippen molar-refractivity contribution < 1.29 is 9.59 Å². The molecule has 0 unspecified atom stereocenters. The highest BCUT2D eigenvalue weighted by atomic mass is 35.5. The van der Waals surface area contributed by atoms with Gasteiger partial charge in [-0.15, -0.1) is 0 Å². The number of imide groups is 1. The van der Waals surface area contributed by atoms with Gasteiger partial charge in [0.05, 0.1) is 0 Å². The number of nitrogens with one attached hydrogen (secondary N) is 1. The van der Waals surface area contributed by atoms with Crippen molar-refractivity contribution in [2.75, 3.05) is 0 Å². The minimum absolute atomic E-state index is 0.400. The number of rotatable bonds is 2. The third kappa shape index (κ3) is 3.56. The molecule has 0 saturated carbocycles. The predicted octanol–water partition coefficient (Wildman–Crippen LogP) is 2.17. The SMILES string of the molecule is C/C=C/C(=O)NC(=O)c1ccc(Cl)cc1. The number of benzene rings is 1. The van der Waals surface area contributed by atoms with E-state index in [0.717, 1.165) is 0 Å². The van der Waals surface area contributed by atoms with E-state index < -0.39 is 11.8 Å². The largest absolute Gasteiger partial charge is 0.289 e. The first-order valence-corrected chi connectivity index (χ1v) is 4.75. The summed E-state index contributed by atoms with van der Waals surface area (Å²) in [7, 11) is 0. The molecule has 0 heterocycles. The van der Waals surface area contributed by atoms with Gasteiger partial charge in [-0.25, -0.2) is 0 Å². The van der Waals surface area contributed by atoms with Gasteiger partial charge in [-0.1, -0.05) is 17.7 Å². The van der Waals surface area contributed by atoms with E-state index in [1.807, 2.05) is 0 Å². The van der Waals surface area contributed by atoms with E-state index >= 15 is 0 Å². The molecule has 0 saturated heterocycles. The minimum Gasteiger partial charge on any atom is -0.289 e. The molecule has 1 N–H and O–H groups in total. The van der Waals surface area contributed by atoms with Crippen LogP contribution >= 0.6 is 11.6 Å². The topological polar surface area (TPSA) is 46.2 Å². The average molecular weight is 224 g/mol. The third-order valence-corrected chi connectivity index (χ3v) is 1.91. The van der Waals surface area contributed by atoms with Crippen LogP contribution in [0.1, 0.15) is 17.3 Å². The van der Waals surface area contributed by atoms with Crippen LogP contribution in [0.25, 0.3) is 0 Å². The smallest absolute Gasteiger partial charge is 0.258 e. The highest BCUT2D eigenvalue weighted by Crippen LogP contribution is 2.09. The molecule has 0 aliphatic carbocycles. The van der Waals surface area contributed by atoms with Crippen molar-refractivity contribution in [2.24, 2.45) is 0 Å². The Kier molecular flexibility index (Phi) is 4.06. The van der Waals surface area contributed by atoms with E-state index in [1.165, 1.54) is 6.08 Å². The van der Waals surface area contributed by atoms with Crippen LogP contribution in [0.4, 0.5) is 0 Å². The monoisotopic (exact) mass is 223 g/mol. The molecule has 1 rings (SSSR count). The first-order valence-electron chi connectivity index (χ1n) is 4.37. The van der Waals surface area contributed by atoms with Crippen molar-refractivity contribution >= 4 is 23.4 Å². The van der Waals surface area contributed by atoms with Crippen molar-refractivity contribution in [1.29, 1.82) is 0 Å². The summed E-state index contributed by atoms with van der Waals surface area (Å²) in [5, 5.41) is 2.76. The Morgan fingerprint density at radius 2 is 1.87 bits per heavy atom. The Morgan fingerprint density at radius 1 is 1.27 bits per heavy atom. The zero-order valence-electron chi connectivity index (χ0n) is 8.16. The molecule has 0 aliphatic heterocycles. The Bertz CT molecular complexity index is 396. The standard InChI is InChI=1S/C11H10ClNO2/c1-2-3-10(14)13-11(15)8-4-6-9(12)7-5-8/h2-7H,1H3,(H,13,14,15)/b3-2+. The Balaban J connectivity index is 2.69. The fourth-order valence-corrected chi connectivity index (χ4v) is 1.10. The fraction of sp³-hybridized carbons (Fsp3) is 0.0909. The number of halogens is 1. The van der Waals surface area contributed by atoms with Gasteiger partial charge in [0.2, 0.25) is 5.91 Å². The zero-order chi connectivity index (χ0) is 11.3. The second-order valence-electron chi connectivity index (χ2n) is 2.83. The molecule has 0 aromatic heterocycles. The maximum Gasteiger partial charge on any atom is 0.258 e. The third-order valence-electron chi connectivity index (χ3n) is 1.66. The van der Waals surface area contributed by atoms with Gasteiger partial charge in [-0.3, -0.25) is 14.9 Å². The molecule has 78 valence electrons. The molecule has 0 aliphatic rings. The Morgan fingerprint density at radius 3 is 2.40 bits per heavy atom. The zero-order valence-corrected chi connectivity index (χ0v) is 8.91. The van der Waals surface area contributed by atoms with Crippen molar-refractivity contribution in [3.63, 3.8) is 0 Å². The summed E-state index contributed by atoms with van der Waals surface area (Å²) in [6, 6.07) is 6.30. The van der Waals surface area contributed by atoms with Crippen LogP contribution in [0.15, 0.2) is 36.4 Å². The van der Waals surface area contributed by atoms with E-state index in [-0.39, 0.29) is 0 Å². The predicted molar refractivity (Wildman–Crippen MR) is 58.7 cm³/mol. The molecular weight excluding hydrogens is 214 g/mol. The molecule has 2 amide bonds. The van der Waals surface area contributed by atoms with Gasteiger partial charge in [0.1, 0.15) is 0 Å². The van der Waals surface area contributed by atoms with Gasteiger partial charge in [0, 0.05) is 10.6 Å². The van der Waals surface area contributed by atoms with E-state index in [2.05, 4.69) is 5.32 Å². The van der Waals surface area contributed by atoms with Crippen LogP contribution in [-0.4, -0.2) is 11.8 Å².